The first-order chi connectivity index (χ1) is 11.7. The van der Waals surface area contributed by atoms with Crippen molar-refractivity contribution in [1.82, 2.24) is 5.32 Å². The van der Waals surface area contributed by atoms with E-state index in [9.17, 15) is 13.2 Å². The summed E-state index contributed by atoms with van der Waals surface area (Å²) in [6, 6.07) is 12.1. The number of benzene rings is 2. The molecule has 7 heteroatoms. The maximum atomic E-state index is 12.4. The molecular weight excluding hydrogens is 340 g/mol. The smallest absolute Gasteiger partial charge is 0.251 e. The number of amides is 1. The molecule has 0 spiro atoms. The first-order valence-electron chi connectivity index (χ1n) is 7.73. The van der Waals surface area contributed by atoms with Crippen LogP contribution in [-0.2, 0) is 10.0 Å². The number of sulfonamides is 1. The summed E-state index contributed by atoms with van der Waals surface area (Å²) in [6.45, 7) is 3.64. The van der Waals surface area contributed by atoms with Crippen molar-refractivity contribution < 1.29 is 17.9 Å². The van der Waals surface area contributed by atoms with Gasteiger partial charge in [-0.3, -0.25) is 9.52 Å². The molecule has 1 atom stereocenters. The van der Waals surface area contributed by atoms with E-state index >= 15 is 0 Å². The van der Waals surface area contributed by atoms with E-state index < -0.39 is 10.0 Å². The zero-order valence-electron chi connectivity index (χ0n) is 14.7. The van der Waals surface area contributed by atoms with Crippen molar-refractivity contribution in [3.63, 3.8) is 0 Å². The zero-order valence-corrected chi connectivity index (χ0v) is 15.5. The van der Waals surface area contributed by atoms with Gasteiger partial charge in [0.15, 0.2) is 0 Å². The maximum Gasteiger partial charge on any atom is 0.251 e. The average Bonchev–Trinajstić information content (AvgIpc) is 2.55. The molecular formula is C18H22N2O4S. The molecule has 6 nitrogen and oxygen atoms in total. The topological polar surface area (TPSA) is 84.5 Å². The minimum Gasteiger partial charge on any atom is -0.497 e. The highest BCUT2D eigenvalue weighted by Crippen LogP contribution is 2.20. The zero-order chi connectivity index (χ0) is 18.6. The lowest BCUT2D eigenvalue weighted by atomic mass is 10.1. The quantitative estimate of drug-likeness (QED) is 0.827. The molecule has 0 heterocycles. The maximum absolute atomic E-state index is 12.4. The van der Waals surface area contributed by atoms with Gasteiger partial charge in [-0.15, -0.1) is 0 Å². The Morgan fingerprint density at radius 2 is 1.76 bits per heavy atom. The Kier molecular flexibility index (Phi) is 5.69. The van der Waals surface area contributed by atoms with E-state index in [1.807, 2.05) is 31.2 Å². The van der Waals surface area contributed by atoms with Crippen LogP contribution in [0.25, 0.3) is 0 Å². The van der Waals surface area contributed by atoms with Crippen LogP contribution in [0.3, 0.4) is 0 Å². The second-order valence-electron chi connectivity index (χ2n) is 5.87. The number of aryl methyl sites for hydroxylation is 1. The number of anilines is 1. The third-order valence-corrected chi connectivity index (χ3v) is 4.34. The normalized spacial score (nSPS) is 12.3. The van der Waals surface area contributed by atoms with Crippen molar-refractivity contribution in [2.75, 3.05) is 18.1 Å². The minimum absolute atomic E-state index is 0.174. The van der Waals surface area contributed by atoms with Gasteiger partial charge in [-0.05, 0) is 55.3 Å². The number of carbonyl (C=O) groups excluding carboxylic acids is 1. The Hall–Kier alpha value is -2.54. The van der Waals surface area contributed by atoms with E-state index in [0.29, 0.717) is 16.8 Å². The van der Waals surface area contributed by atoms with E-state index in [0.717, 1.165) is 17.6 Å². The highest BCUT2D eigenvalue weighted by molar-refractivity contribution is 7.92. The van der Waals surface area contributed by atoms with Gasteiger partial charge in [0.25, 0.3) is 5.91 Å². The SMILES string of the molecule is COc1ccc([C@H](C)NC(=O)c2ccc(NS(C)(=O)=O)c(C)c2)cc1. The van der Waals surface area contributed by atoms with Crippen molar-refractivity contribution in [2.24, 2.45) is 0 Å². The van der Waals surface area contributed by atoms with Gasteiger partial charge in [0.1, 0.15) is 5.75 Å². The predicted octanol–water partition coefficient (Wildman–Crippen LogP) is 2.87. The fourth-order valence-electron chi connectivity index (χ4n) is 2.38. The van der Waals surface area contributed by atoms with Crippen LogP contribution in [0.5, 0.6) is 5.75 Å². The Balaban J connectivity index is 2.10. The molecule has 0 aliphatic rings. The summed E-state index contributed by atoms with van der Waals surface area (Å²) in [4.78, 5) is 12.4. The molecule has 25 heavy (non-hydrogen) atoms. The molecule has 0 bridgehead atoms. The molecule has 2 N–H and O–H groups in total. The first kappa shape index (κ1) is 18.8. The van der Waals surface area contributed by atoms with Gasteiger partial charge in [-0.2, -0.15) is 0 Å². The third-order valence-electron chi connectivity index (χ3n) is 3.75. The van der Waals surface area contributed by atoms with E-state index in [2.05, 4.69) is 10.0 Å². The summed E-state index contributed by atoms with van der Waals surface area (Å²) in [5.74, 6) is 0.532. The largest absolute Gasteiger partial charge is 0.497 e. The van der Waals surface area contributed by atoms with E-state index in [1.165, 1.54) is 0 Å². The van der Waals surface area contributed by atoms with Crippen molar-refractivity contribution in [1.29, 1.82) is 0 Å². The highest BCUT2D eigenvalue weighted by Gasteiger charge is 2.13. The second kappa shape index (κ2) is 7.57. The van der Waals surface area contributed by atoms with E-state index in [1.54, 1.807) is 32.2 Å². The van der Waals surface area contributed by atoms with Crippen LogP contribution in [-0.4, -0.2) is 27.7 Å². The fourth-order valence-corrected chi connectivity index (χ4v) is 3.00. The van der Waals surface area contributed by atoms with Crippen molar-refractivity contribution in [3.8, 4) is 5.75 Å². The van der Waals surface area contributed by atoms with Crippen molar-refractivity contribution in [2.45, 2.75) is 19.9 Å². The van der Waals surface area contributed by atoms with Gasteiger partial charge < -0.3 is 10.1 Å². The number of rotatable bonds is 6. The van der Waals surface area contributed by atoms with E-state index in [4.69, 9.17) is 4.74 Å². The number of carbonyl (C=O) groups is 1. The Labute approximate surface area is 148 Å². The van der Waals surface area contributed by atoms with Crippen LogP contribution in [0.4, 0.5) is 5.69 Å². The van der Waals surface area contributed by atoms with E-state index in [-0.39, 0.29) is 11.9 Å². The molecule has 0 saturated carbocycles. The van der Waals surface area contributed by atoms with Crippen LogP contribution >= 0.6 is 0 Å². The van der Waals surface area contributed by atoms with Gasteiger partial charge >= 0.3 is 0 Å². The fraction of sp³-hybridized carbons (Fsp3) is 0.278. The summed E-state index contributed by atoms with van der Waals surface area (Å²) in [5.41, 5.74) is 2.57. The minimum atomic E-state index is -3.35. The Morgan fingerprint density at radius 3 is 2.28 bits per heavy atom. The number of hydrogen-bond acceptors (Lipinski definition) is 4. The molecule has 0 saturated heterocycles. The van der Waals surface area contributed by atoms with Gasteiger partial charge in [-0.1, -0.05) is 12.1 Å². The lowest BCUT2D eigenvalue weighted by Gasteiger charge is -2.16. The molecule has 0 aliphatic carbocycles. The molecule has 0 radical (unpaired) electrons. The summed E-state index contributed by atoms with van der Waals surface area (Å²) in [7, 11) is -1.75. The monoisotopic (exact) mass is 362 g/mol. The Bertz CT molecular complexity index is 861. The molecule has 0 aliphatic heterocycles. The highest BCUT2D eigenvalue weighted by atomic mass is 32.2. The number of ether oxygens (including phenoxy) is 1. The lowest BCUT2D eigenvalue weighted by molar-refractivity contribution is 0.0940. The number of nitrogens with one attached hydrogen (secondary N) is 2. The third kappa shape index (κ3) is 5.22. The predicted molar refractivity (Wildman–Crippen MR) is 98.5 cm³/mol. The first-order valence-corrected chi connectivity index (χ1v) is 9.62. The van der Waals surface area contributed by atoms with Gasteiger partial charge in [0.2, 0.25) is 10.0 Å². The van der Waals surface area contributed by atoms with Crippen molar-refractivity contribution >= 4 is 21.6 Å². The van der Waals surface area contributed by atoms with Crippen LogP contribution in [0.2, 0.25) is 0 Å². The number of methoxy groups -OCH3 is 1. The summed E-state index contributed by atoms with van der Waals surface area (Å²) >= 11 is 0. The van der Waals surface area contributed by atoms with Crippen LogP contribution in [0.1, 0.15) is 34.5 Å². The van der Waals surface area contributed by atoms with Gasteiger partial charge in [0.05, 0.1) is 25.1 Å². The van der Waals surface area contributed by atoms with Crippen LogP contribution < -0.4 is 14.8 Å². The van der Waals surface area contributed by atoms with Crippen molar-refractivity contribution in [3.05, 3.63) is 59.2 Å². The molecule has 0 aromatic heterocycles. The lowest BCUT2D eigenvalue weighted by Crippen LogP contribution is -2.26. The average molecular weight is 362 g/mol. The molecule has 2 rings (SSSR count). The Morgan fingerprint density at radius 1 is 1.12 bits per heavy atom. The standard InChI is InChI=1S/C18H22N2O4S/c1-12-11-15(7-10-17(12)20-25(4,22)23)18(21)19-13(2)14-5-8-16(24-3)9-6-14/h5-11,13,20H,1-4H3,(H,19,21)/t13-/m0/s1. The summed E-state index contributed by atoms with van der Waals surface area (Å²) in [6.07, 6.45) is 1.09. The summed E-state index contributed by atoms with van der Waals surface area (Å²) < 4.78 is 30.2. The molecule has 134 valence electrons. The molecule has 0 fully saturated rings. The summed E-state index contributed by atoms with van der Waals surface area (Å²) in [5, 5.41) is 2.93. The van der Waals surface area contributed by atoms with Crippen LogP contribution in [0, 0.1) is 6.92 Å². The second-order valence-corrected chi connectivity index (χ2v) is 7.62. The molecule has 2 aromatic carbocycles. The van der Waals surface area contributed by atoms with Crippen LogP contribution in [0.15, 0.2) is 42.5 Å². The number of hydrogen-bond donors (Lipinski definition) is 2. The van der Waals surface area contributed by atoms with Gasteiger partial charge in [0, 0.05) is 5.56 Å². The molecule has 2 aromatic rings. The molecule has 1 amide bonds. The van der Waals surface area contributed by atoms with Gasteiger partial charge in [-0.25, -0.2) is 8.42 Å². The molecule has 0 unspecified atom stereocenters.